The van der Waals surface area contributed by atoms with Crippen molar-refractivity contribution < 1.29 is 5.11 Å². The van der Waals surface area contributed by atoms with Crippen molar-refractivity contribution in [3.63, 3.8) is 0 Å². The van der Waals surface area contributed by atoms with Crippen molar-refractivity contribution in [2.75, 3.05) is 30.3 Å². The summed E-state index contributed by atoms with van der Waals surface area (Å²) < 4.78 is 0. The number of anilines is 2. The van der Waals surface area contributed by atoms with Gasteiger partial charge in [0.1, 0.15) is 5.82 Å². The van der Waals surface area contributed by atoms with E-state index >= 15 is 0 Å². The molecule has 3 N–H and O–H groups in total. The normalized spacial score (nSPS) is 16.6. The monoisotopic (exact) mass is 235 g/mol. The van der Waals surface area contributed by atoms with E-state index in [1.165, 1.54) is 0 Å². The first kappa shape index (κ1) is 12.2. The number of aliphatic hydroxyl groups excluding tert-OH is 1. The number of nitrogens with zero attached hydrogens (tertiary/aromatic N) is 1. The van der Waals surface area contributed by atoms with Gasteiger partial charge in [0, 0.05) is 36.5 Å². The highest BCUT2D eigenvalue weighted by Gasteiger charge is 2.41. The van der Waals surface area contributed by atoms with Crippen molar-refractivity contribution in [1.82, 2.24) is 4.98 Å². The van der Waals surface area contributed by atoms with Gasteiger partial charge in [-0.3, -0.25) is 0 Å². The molecule has 1 aromatic heterocycles. The predicted octanol–water partition coefficient (Wildman–Crippen LogP) is 2.09. The van der Waals surface area contributed by atoms with E-state index in [4.69, 9.17) is 0 Å². The standard InChI is InChI=1S/C13H21N3O/c1-2-6-14-12-8-11(3-7-15-12)16-9-13(10-17)4-5-13/h3,7-8,17H,2,4-6,9-10H2,1H3,(H2,14,15,16). The van der Waals surface area contributed by atoms with Crippen LogP contribution < -0.4 is 10.6 Å². The molecule has 1 aromatic rings. The fourth-order valence-electron chi connectivity index (χ4n) is 1.75. The fraction of sp³-hybridized carbons (Fsp3) is 0.615. The number of pyridine rings is 1. The van der Waals surface area contributed by atoms with Gasteiger partial charge in [0.15, 0.2) is 0 Å². The zero-order valence-corrected chi connectivity index (χ0v) is 10.4. The number of hydrogen-bond acceptors (Lipinski definition) is 4. The Labute approximate surface area is 102 Å². The molecule has 0 saturated heterocycles. The Morgan fingerprint density at radius 1 is 1.41 bits per heavy atom. The zero-order chi connectivity index (χ0) is 12.1. The largest absolute Gasteiger partial charge is 0.396 e. The van der Waals surface area contributed by atoms with E-state index in [0.717, 1.165) is 43.9 Å². The van der Waals surface area contributed by atoms with Crippen LogP contribution in [0.15, 0.2) is 18.3 Å². The molecule has 0 radical (unpaired) electrons. The number of nitrogens with one attached hydrogen (secondary N) is 2. The maximum Gasteiger partial charge on any atom is 0.127 e. The van der Waals surface area contributed by atoms with E-state index in [0.29, 0.717) is 0 Å². The molecule has 0 aliphatic heterocycles. The van der Waals surface area contributed by atoms with E-state index in [-0.39, 0.29) is 12.0 Å². The van der Waals surface area contributed by atoms with Crippen LogP contribution in [0, 0.1) is 5.41 Å². The Kier molecular flexibility index (Phi) is 3.84. The summed E-state index contributed by atoms with van der Waals surface area (Å²) in [5.74, 6) is 0.908. The lowest BCUT2D eigenvalue weighted by atomic mass is 10.1. The van der Waals surface area contributed by atoms with Gasteiger partial charge in [0.2, 0.25) is 0 Å². The van der Waals surface area contributed by atoms with Crippen LogP contribution in [-0.2, 0) is 0 Å². The summed E-state index contributed by atoms with van der Waals surface area (Å²) in [5, 5.41) is 15.9. The molecule has 2 rings (SSSR count). The summed E-state index contributed by atoms with van der Waals surface area (Å²) in [4.78, 5) is 4.26. The lowest BCUT2D eigenvalue weighted by molar-refractivity contribution is 0.220. The van der Waals surface area contributed by atoms with Gasteiger partial charge in [-0.2, -0.15) is 0 Å². The van der Waals surface area contributed by atoms with Gasteiger partial charge in [-0.25, -0.2) is 4.98 Å². The van der Waals surface area contributed by atoms with Crippen molar-refractivity contribution in [3.05, 3.63) is 18.3 Å². The summed E-state index contributed by atoms with van der Waals surface area (Å²) in [6.07, 6.45) is 5.15. The molecule has 1 heterocycles. The van der Waals surface area contributed by atoms with Gasteiger partial charge < -0.3 is 15.7 Å². The van der Waals surface area contributed by atoms with Gasteiger partial charge in [0.25, 0.3) is 0 Å². The molecular formula is C13H21N3O. The zero-order valence-electron chi connectivity index (χ0n) is 10.4. The summed E-state index contributed by atoms with van der Waals surface area (Å²) in [7, 11) is 0. The Morgan fingerprint density at radius 3 is 2.88 bits per heavy atom. The molecule has 0 bridgehead atoms. The number of hydrogen-bond donors (Lipinski definition) is 3. The third kappa shape index (κ3) is 3.33. The third-order valence-electron chi connectivity index (χ3n) is 3.28. The molecule has 1 aliphatic rings. The number of aromatic nitrogens is 1. The van der Waals surface area contributed by atoms with Crippen LogP contribution in [0.25, 0.3) is 0 Å². The average Bonchev–Trinajstić information content (AvgIpc) is 3.15. The first-order valence-corrected chi connectivity index (χ1v) is 6.33. The van der Waals surface area contributed by atoms with E-state index in [9.17, 15) is 5.11 Å². The van der Waals surface area contributed by atoms with Crippen molar-refractivity contribution in [2.24, 2.45) is 5.41 Å². The van der Waals surface area contributed by atoms with Crippen LogP contribution in [-0.4, -0.2) is 29.8 Å². The molecule has 0 aromatic carbocycles. The van der Waals surface area contributed by atoms with Crippen LogP contribution >= 0.6 is 0 Å². The Hall–Kier alpha value is -1.29. The van der Waals surface area contributed by atoms with Crippen molar-refractivity contribution in [3.8, 4) is 0 Å². The molecule has 0 spiro atoms. The van der Waals surface area contributed by atoms with Crippen molar-refractivity contribution in [2.45, 2.75) is 26.2 Å². The molecule has 0 unspecified atom stereocenters. The van der Waals surface area contributed by atoms with Gasteiger partial charge in [-0.15, -0.1) is 0 Å². The second-order valence-electron chi connectivity index (χ2n) is 4.87. The van der Waals surface area contributed by atoms with Crippen LogP contribution in [0.2, 0.25) is 0 Å². The summed E-state index contributed by atoms with van der Waals surface area (Å²) in [6.45, 7) is 4.21. The van der Waals surface area contributed by atoms with Gasteiger partial charge in [-0.05, 0) is 25.3 Å². The van der Waals surface area contributed by atoms with Crippen LogP contribution in [0.4, 0.5) is 11.5 Å². The second-order valence-corrected chi connectivity index (χ2v) is 4.87. The van der Waals surface area contributed by atoms with E-state index in [1.807, 2.05) is 12.1 Å². The number of aliphatic hydroxyl groups is 1. The van der Waals surface area contributed by atoms with Crippen LogP contribution in [0.1, 0.15) is 26.2 Å². The maximum atomic E-state index is 9.24. The summed E-state index contributed by atoms with van der Waals surface area (Å²) >= 11 is 0. The SMILES string of the molecule is CCCNc1cc(NCC2(CO)CC2)ccn1. The minimum atomic E-state index is 0.139. The summed E-state index contributed by atoms with van der Waals surface area (Å²) in [5.41, 5.74) is 1.21. The minimum Gasteiger partial charge on any atom is -0.396 e. The van der Waals surface area contributed by atoms with Crippen LogP contribution in [0.3, 0.4) is 0 Å². The fourth-order valence-corrected chi connectivity index (χ4v) is 1.75. The Bertz CT molecular complexity index is 363. The molecule has 1 aliphatic carbocycles. The first-order valence-electron chi connectivity index (χ1n) is 6.33. The molecule has 0 atom stereocenters. The molecule has 1 fully saturated rings. The molecular weight excluding hydrogens is 214 g/mol. The highest BCUT2D eigenvalue weighted by Crippen LogP contribution is 2.44. The third-order valence-corrected chi connectivity index (χ3v) is 3.28. The van der Waals surface area contributed by atoms with Crippen LogP contribution in [0.5, 0.6) is 0 Å². The van der Waals surface area contributed by atoms with E-state index in [2.05, 4.69) is 22.5 Å². The Morgan fingerprint density at radius 2 is 2.24 bits per heavy atom. The molecule has 1 saturated carbocycles. The summed E-state index contributed by atoms with van der Waals surface area (Å²) in [6, 6.07) is 3.98. The molecule has 17 heavy (non-hydrogen) atoms. The van der Waals surface area contributed by atoms with Gasteiger partial charge in [0.05, 0.1) is 6.61 Å². The van der Waals surface area contributed by atoms with Gasteiger partial charge >= 0.3 is 0 Å². The molecule has 0 amide bonds. The number of rotatable bonds is 7. The quantitative estimate of drug-likeness (QED) is 0.677. The highest BCUT2D eigenvalue weighted by molar-refractivity contribution is 5.52. The van der Waals surface area contributed by atoms with Gasteiger partial charge in [-0.1, -0.05) is 6.92 Å². The van der Waals surface area contributed by atoms with Crippen molar-refractivity contribution >= 4 is 11.5 Å². The smallest absolute Gasteiger partial charge is 0.127 e. The minimum absolute atomic E-state index is 0.139. The topological polar surface area (TPSA) is 57.2 Å². The predicted molar refractivity (Wildman–Crippen MR) is 70.3 cm³/mol. The average molecular weight is 235 g/mol. The lowest BCUT2D eigenvalue weighted by Gasteiger charge is -2.14. The highest BCUT2D eigenvalue weighted by atomic mass is 16.3. The lowest BCUT2D eigenvalue weighted by Crippen LogP contribution is -2.19. The Balaban J connectivity index is 1.87. The first-order chi connectivity index (χ1) is 8.28. The van der Waals surface area contributed by atoms with E-state index in [1.54, 1.807) is 6.20 Å². The molecule has 94 valence electrons. The van der Waals surface area contributed by atoms with E-state index < -0.39 is 0 Å². The van der Waals surface area contributed by atoms with Crippen molar-refractivity contribution in [1.29, 1.82) is 0 Å². The molecule has 4 nitrogen and oxygen atoms in total. The maximum absolute atomic E-state index is 9.24. The second kappa shape index (κ2) is 5.36. The molecule has 4 heteroatoms.